The smallest absolute Gasteiger partial charge is 0.149 e. The fourth-order valence-electron chi connectivity index (χ4n) is 5.32. The number of hydrogen-bond acceptors (Lipinski definition) is 7. The lowest BCUT2D eigenvalue weighted by atomic mass is 9.53. The number of ether oxygens (including phenoxy) is 1. The van der Waals surface area contributed by atoms with Crippen LogP contribution in [-0.2, 0) is 10.3 Å². The molecule has 0 bridgehead atoms. The second kappa shape index (κ2) is 7.88. The molecule has 0 atom stereocenters. The van der Waals surface area contributed by atoms with Gasteiger partial charge in [-0.3, -0.25) is 14.1 Å². The molecule has 2 aliphatic rings. The molecule has 2 N–H and O–H groups in total. The molecule has 1 saturated carbocycles. The van der Waals surface area contributed by atoms with Crippen LogP contribution in [-0.4, -0.2) is 50.6 Å². The molecule has 2 fully saturated rings. The molecule has 3 aromatic heterocycles. The van der Waals surface area contributed by atoms with E-state index in [-0.39, 0.29) is 11.0 Å². The quantitative estimate of drug-likeness (QED) is 0.622. The van der Waals surface area contributed by atoms with E-state index in [2.05, 4.69) is 16.0 Å². The Morgan fingerprint density at radius 1 is 1.38 bits per heavy atom. The lowest BCUT2D eigenvalue weighted by Crippen LogP contribution is -2.55. The zero-order valence-corrected chi connectivity index (χ0v) is 18.1. The van der Waals surface area contributed by atoms with Gasteiger partial charge in [0, 0.05) is 62.9 Å². The van der Waals surface area contributed by atoms with E-state index >= 15 is 0 Å². The number of nitriles is 1. The molecular formula is C23H26N8O. The van der Waals surface area contributed by atoms with E-state index in [0.717, 1.165) is 55.9 Å². The zero-order valence-electron chi connectivity index (χ0n) is 18.1. The highest BCUT2D eigenvalue weighted by molar-refractivity contribution is 6.09. The first-order valence-corrected chi connectivity index (χ1v) is 10.8. The topological polar surface area (TPSA) is 119 Å². The van der Waals surface area contributed by atoms with Gasteiger partial charge in [-0.15, -0.1) is 0 Å². The maximum atomic E-state index is 9.56. The Balaban J connectivity index is 1.53. The summed E-state index contributed by atoms with van der Waals surface area (Å²) < 4.78 is 9.47. The van der Waals surface area contributed by atoms with Crippen molar-refractivity contribution in [1.82, 2.24) is 24.1 Å². The second-order valence-electron chi connectivity index (χ2n) is 8.83. The standard InChI is InChI=1S/C23H26N8O/c1-26-12-17(11-25)19-10-20-27-6-7-30(20)21(29-19)18-13-28-31(14-18)23(2-5-24)15-22(16-23)3-8-32-9-4-22/h6-7,10-14H,2-4,8-9,15-16,25H2,1H3. The van der Waals surface area contributed by atoms with E-state index in [0.29, 0.717) is 17.7 Å². The van der Waals surface area contributed by atoms with Crippen molar-refractivity contribution < 1.29 is 4.74 Å². The minimum absolute atomic E-state index is 0.271. The van der Waals surface area contributed by atoms with Crippen molar-refractivity contribution in [2.24, 2.45) is 16.1 Å². The molecule has 32 heavy (non-hydrogen) atoms. The van der Waals surface area contributed by atoms with Crippen LogP contribution in [0.2, 0.25) is 0 Å². The van der Waals surface area contributed by atoms with Gasteiger partial charge in [0.2, 0.25) is 0 Å². The third kappa shape index (κ3) is 3.28. The summed E-state index contributed by atoms with van der Waals surface area (Å²) in [6.45, 7) is 1.61. The summed E-state index contributed by atoms with van der Waals surface area (Å²) in [4.78, 5) is 13.4. The van der Waals surface area contributed by atoms with Gasteiger partial charge < -0.3 is 10.5 Å². The van der Waals surface area contributed by atoms with E-state index in [4.69, 9.17) is 20.6 Å². The highest BCUT2D eigenvalue weighted by Crippen LogP contribution is 2.59. The average Bonchev–Trinajstić information content (AvgIpc) is 3.46. The molecule has 0 aromatic carbocycles. The van der Waals surface area contributed by atoms with Crippen molar-refractivity contribution in [3.8, 4) is 17.5 Å². The molecule has 9 heteroatoms. The van der Waals surface area contributed by atoms with Crippen LogP contribution in [0, 0.1) is 16.7 Å². The fraction of sp³-hybridized carbons (Fsp3) is 0.435. The first-order valence-electron chi connectivity index (χ1n) is 10.8. The molecule has 9 nitrogen and oxygen atoms in total. The Labute approximate surface area is 186 Å². The minimum Gasteiger partial charge on any atom is -0.404 e. The van der Waals surface area contributed by atoms with E-state index in [1.54, 1.807) is 19.5 Å². The maximum Gasteiger partial charge on any atom is 0.149 e. The van der Waals surface area contributed by atoms with Crippen LogP contribution >= 0.6 is 0 Å². The van der Waals surface area contributed by atoms with Crippen molar-refractivity contribution in [2.45, 2.75) is 37.6 Å². The number of aromatic nitrogens is 5. The molecule has 5 rings (SSSR count). The first kappa shape index (κ1) is 20.4. The van der Waals surface area contributed by atoms with Gasteiger partial charge in [-0.2, -0.15) is 10.4 Å². The van der Waals surface area contributed by atoms with Crippen LogP contribution in [0.3, 0.4) is 0 Å². The number of imidazole rings is 1. The molecule has 4 heterocycles. The largest absolute Gasteiger partial charge is 0.404 e. The molecule has 0 amide bonds. The second-order valence-corrected chi connectivity index (χ2v) is 8.83. The number of aliphatic imine (C=N–C) groups is 1. The molecule has 3 aromatic rings. The summed E-state index contributed by atoms with van der Waals surface area (Å²) in [6, 6.07) is 4.27. The van der Waals surface area contributed by atoms with Gasteiger partial charge in [0.05, 0.1) is 35.5 Å². The lowest BCUT2D eigenvalue weighted by molar-refractivity contribution is -0.103. The zero-order chi connectivity index (χ0) is 22.2. The molecular weight excluding hydrogens is 404 g/mol. The summed E-state index contributed by atoms with van der Waals surface area (Å²) in [5.41, 5.74) is 8.85. The van der Waals surface area contributed by atoms with Crippen molar-refractivity contribution in [1.29, 1.82) is 5.26 Å². The highest BCUT2D eigenvalue weighted by atomic mass is 16.5. The minimum atomic E-state index is -0.271. The Hall–Kier alpha value is -3.51. The summed E-state index contributed by atoms with van der Waals surface area (Å²) in [6.07, 6.45) is 15.1. The van der Waals surface area contributed by atoms with Crippen molar-refractivity contribution in [2.75, 3.05) is 20.3 Å². The number of rotatable bonds is 5. The van der Waals surface area contributed by atoms with Crippen molar-refractivity contribution in [3.05, 3.63) is 42.7 Å². The van der Waals surface area contributed by atoms with E-state index < -0.39 is 0 Å². The van der Waals surface area contributed by atoms with Gasteiger partial charge >= 0.3 is 0 Å². The van der Waals surface area contributed by atoms with E-state index in [1.165, 1.54) is 6.20 Å². The van der Waals surface area contributed by atoms with Crippen LogP contribution in [0.15, 0.2) is 42.0 Å². The number of nitrogens with zero attached hydrogens (tertiary/aromatic N) is 7. The predicted octanol–water partition coefficient (Wildman–Crippen LogP) is 2.79. The normalized spacial score (nSPS) is 19.9. The van der Waals surface area contributed by atoms with Gasteiger partial charge in [-0.1, -0.05) is 0 Å². The summed E-state index contributed by atoms with van der Waals surface area (Å²) in [5.74, 6) is 0.720. The molecule has 1 aliphatic heterocycles. The van der Waals surface area contributed by atoms with Crippen molar-refractivity contribution in [3.63, 3.8) is 0 Å². The lowest BCUT2D eigenvalue weighted by Gasteiger charge is -2.57. The van der Waals surface area contributed by atoms with Crippen LogP contribution in [0.5, 0.6) is 0 Å². The van der Waals surface area contributed by atoms with E-state index in [1.807, 2.05) is 33.7 Å². The molecule has 1 aliphatic carbocycles. The maximum absolute atomic E-state index is 9.56. The Kier molecular flexibility index (Phi) is 5.02. The van der Waals surface area contributed by atoms with Crippen LogP contribution in [0.4, 0.5) is 0 Å². The van der Waals surface area contributed by atoms with Gasteiger partial charge in [0.1, 0.15) is 11.5 Å². The summed E-state index contributed by atoms with van der Waals surface area (Å²) >= 11 is 0. The molecule has 0 radical (unpaired) electrons. The van der Waals surface area contributed by atoms with Gasteiger partial charge in [-0.25, -0.2) is 9.97 Å². The first-order chi connectivity index (χ1) is 15.6. The Morgan fingerprint density at radius 2 is 2.19 bits per heavy atom. The van der Waals surface area contributed by atoms with Gasteiger partial charge in [0.15, 0.2) is 0 Å². The highest BCUT2D eigenvalue weighted by Gasteiger charge is 2.56. The molecule has 0 unspecified atom stereocenters. The summed E-state index contributed by atoms with van der Waals surface area (Å²) in [5, 5.41) is 14.3. The summed E-state index contributed by atoms with van der Waals surface area (Å²) in [7, 11) is 1.70. The SMILES string of the molecule is CN=CC(=CN)c1cc2nccn2c(-c2cnn(C3(CC#N)CC4(CCOCC4)C3)c2)n1. The Morgan fingerprint density at radius 3 is 2.91 bits per heavy atom. The number of fused-ring (bicyclic) bond motifs is 1. The third-order valence-corrected chi connectivity index (χ3v) is 6.83. The van der Waals surface area contributed by atoms with Crippen molar-refractivity contribution >= 4 is 17.4 Å². The number of nitrogens with two attached hydrogens (primary N) is 1. The Bertz CT molecular complexity index is 1230. The molecule has 1 spiro atoms. The van der Waals surface area contributed by atoms with Gasteiger partial charge in [0.25, 0.3) is 0 Å². The molecule has 1 saturated heterocycles. The fourth-order valence-corrected chi connectivity index (χ4v) is 5.32. The molecule has 164 valence electrons. The van der Waals surface area contributed by atoms with E-state index in [9.17, 15) is 5.26 Å². The van der Waals surface area contributed by atoms with Crippen LogP contribution in [0.25, 0.3) is 22.6 Å². The predicted molar refractivity (Wildman–Crippen MR) is 121 cm³/mol. The van der Waals surface area contributed by atoms with Crippen LogP contribution in [0.1, 0.15) is 37.8 Å². The monoisotopic (exact) mass is 430 g/mol. The number of hydrogen-bond donors (Lipinski definition) is 1. The van der Waals surface area contributed by atoms with Gasteiger partial charge in [-0.05, 0) is 31.1 Å². The van der Waals surface area contributed by atoms with Crippen LogP contribution < -0.4 is 5.73 Å². The number of allylic oxidation sites excluding steroid dienone is 1. The average molecular weight is 431 g/mol. The third-order valence-electron chi connectivity index (χ3n) is 6.83.